The van der Waals surface area contributed by atoms with Crippen molar-refractivity contribution in [3.05, 3.63) is 28.0 Å². The van der Waals surface area contributed by atoms with E-state index in [2.05, 4.69) is 35.6 Å². The molecule has 0 spiro atoms. The molecule has 0 saturated carbocycles. The number of piperazine rings is 1. The largest absolute Gasteiger partial charge is 0.296 e. The van der Waals surface area contributed by atoms with Gasteiger partial charge in [-0.3, -0.25) is 9.80 Å². The van der Waals surface area contributed by atoms with Gasteiger partial charge in [-0.25, -0.2) is 4.98 Å². The predicted molar refractivity (Wildman–Crippen MR) is 80.9 cm³/mol. The maximum absolute atomic E-state index is 6.16. The highest BCUT2D eigenvalue weighted by atomic mass is 35.5. The van der Waals surface area contributed by atoms with Gasteiger partial charge in [0.25, 0.3) is 0 Å². The molecule has 3 nitrogen and oxygen atoms in total. The Morgan fingerprint density at radius 2 is 1.74 bits per heavy atom. The lowest BCUT2D eigenvalue weighted by Crippen LogP contribution is -2.53. The molecule has 0 bridgehead atoms. The molecule has 1 saturated heterocycles. The van der Waals surface area contributed by atoms with E-state index in [0.717, 1.165) is 38.4 Å². The fourth-order valence-corrected chi connectivity index (χ4v) is 2.69. The van der Waals surface area contributed by atoms with Crippen LogP contribution in [0.15, 0.2) is 12.1 Å². The van der Waals surface area contributed by atoms with Crippen LogP contribution in [0, 0.1) is 0 Å². The van der Waals surface area contributed by atoms with Crippen molar-refractivity contribution in [3.63, 3.8) is 0 Å². The minimum atomic E-state index is 0.248. The molecule has 0 atom stereocenters. The molecule has 1 fully saturated rings. The Morgan fingerprint density at radius 1 is 1.11 bits per heavy atom. The third-order valence-electron chi connectivity index (χ3n) is 3.58. The summed E-state index contributed by atoms with van der Waals surface area (Å²) in [6, 6.07) is 3.54. The van der Waals surface area contributed by atoms with Crippen LogP contribution in [0.2, 0.25) is 10.2 Å². The highest BCUT2D eigenvalue weighted by molar-refractivity contribution is 6.32. The van der Waals surface area contributed by atoms with Gasteiger partial charge in [-0.2, -0.15) is 0 Å². The molecule has 1 aromatic rings. The number of pyridine rings is 1. The van der Waals surface area contributed by atoms with Crippen LogP contribution in [-0.4, -0.2) is 46.5 Å². The molecule has 0 aliphatic carbocycles. The molecule has 2 heterocycles. The molecule has 0 unspecified atom stereocenters. The zero-order chi connectivity index (χ0) is 14.0. The molecule has 0 radical (unpaired) electrons. The number of aromatic nitrogens is 1. The van der Waals surface area contributed by atoms with Crippen LogP contribution in [-0.2, 0) is 6.54 Å². The summed E-state index contributed by atoms with van der Waals surface area (Å²) in [7, 11) is 0. The van der Waals surface area contributed by atoms with Crippen molar-refractivity contribution in [2.75, 3.05) is 26.2 Å². The molecule has 1 aliphatic heterocycles. The van der Waals surface area contributed by atoms with Crippen LogP contribution < -0.4 is 0 Å². The maximum atomic E-state index is 6.16. The Hall–Kier alpha value is -0.350. The van der Waals surface area contributed by atoms with Crippen molar-refractivity contribution in [2.24, 2.45) is 0 Å². The van der Waals surface area contributed by atoms with E-state index in [1.807, 2.05) is 6.07 Å². The van der Waals surface area contributed by atoms with Crippen LogP contribution in [0.5, 0.6) is 0 Å². The van der Waals surface area contributed by atoms with E-state index in [1.54, 1.807) is 6.07 Å². The molecule has 1 aliphatic rings. The highest BCUT2D eigenvalue weighted by Gasteiger charge is 2.26. The van der Waals surface area contributed by atoms with Gasteiger partial charge in [0.15, 0.2) is 0 Å². The Balaban J connectivity index is 1.94. The standard InChI is InChI=1S/C14H21Cl2N3/c1-14(2,3)19-8-6-18(7-9-19)10-12-11(15)4-5-13(16)17-12/h4-5H,6-10H2,1-3H3. The fourth-order valence-electron chi connectivity index (χ4n) is 2.36. The van der Waals surface area contributed by atoms with Crippen LogP contribution in [0.3, 0.4) is 0 Å². The number of rotatable bonds is 2. The summed E-state index contributed by atoms with van der Waals surface area (Å²) in [5, 5.41) is 1.20. The first kappa shape index (κ1) is 15.0. The molecule has 19 heavy (non-hydrogen) atoms. The topological polar surface area (TPSA) is 19.4 Å². The second-order valence-corrected chi connectivity index (χ2v) is 6.79. The summed E-state index contributed by atoms with van der Waals surface area (Å²) >= 11 is 12.1. The normalized spacial score (nSPS) is 18.8. The molecule has 1 aromatic heterocycles. The van der Waals surface area contributed by atoms with Gasteiger partial charge in [-0.15, -0.1) is 0 Å². The number of hydrogen-bond donors (Lipinski definition) is 0. The van der Waals surface area contributed by atoms with Gasteiger partial charge in [-0.05, 0) is 32.9 Å². The van der Waals surface area contributed by atoms with Crippen molar-refractivity contribution in [1.29, 1.82) is 0 Å². The number of hydrogen-bond acceptors (Lipinski definition) is 3. The second-order valence-electron chi connectivity index (χ2n) is 6.00. The monoisotopic (exact) mass is 301 g/mol. The summed E-state index contributed by atoms with van der Waals surface area (Å²) in [5.74, 6) is 0. The molecule has 0 N–H and O–H groups in total. The number of nitrogens with zero attached hydrogens (tertiary/aromatic N) is 3. The van der Waals surface area contributed by atoms with E-state index in [0.29, 0.717) is 10.2 Å². The molecule has 106 valence electrons. The highest BCUT2D eigenvalue weighted by Crippen LogP contribution is 2.21. The van der Waals surface area contributed by atoms with Crippen LogP contribution in [0.25, 0.3) is 0 Å². The summed E-state index contributed by atoms with van der Waals surface area (Å²) in [5.41, 5.74) is 1.12. The zero-order valence-corrected chi connectivity index (χ0v) is 13.3. The first-order valence-corrected chi connectivity index (χ1v) is 7.40. The first-order valence-electron chi connectivity index (χ1n) is 6.64. The van der Waals surface area contributed by atoms with Gasteiger partial charge in [-0.1, -0.05) is 23.2 Å². The van der Waals surface area contributed by atoms with E-state index >= 15 is 0 Å². The summed E-state index contributed by atoms with van der Waals surface area (Å²) in [4.78, 5) is 9.20. The lowest BCUT2D eigenvalue weighted by Gasteiger charge is -2.42. The van der Waals surface area contributed by atoms with Gasteiger partial charge in [0.05, 0.1) is 10.7 Å². The van der Waals surface area contributed by atoms with Gasteiger partial charge < -0.3 is 0 Å². The summed E-state index contributed by atoms with van der Waals surface area (Å²) in [6.07, 6.45) is 0. The maximum Gasteiger partial charge on any atom is 0.129 e. The molecule has 2 rings (SSSR count). The SMILES string of the molecule is CC(C)(C)N1CCN(Cc2nc(Cl)ccc2Cl)CC1. The third-order valence-corrected chi connectivity index (χ3v) is 4.13. The van der Waals surface area contributed by atoms with Gasteiger partial charge in [0, 0.05) is 38.3 Å². The minimum absolute atomic E-state index is 0.248. The average molecular weight is 302 g/mol. The molecule has 0 aromatic carbocycles. The van der Waals surface area contributed by atoms with Crippen molar-refractivity contribution in [3.8, 4) is 0 Å². The van der Waals surface area contributed by atoms with Gasteiger partial charge in [0.2, 0.25) is 0 Å². The van der Waals surface area contributed by atoms with E-state index in [1.165, 1.54) is 0 Å². The van der Waals surface area contributed by atoms with Crippen LogP contribution in [0.4, 0.5) is 0 Å². The van der Waals surface area contributed by atoms with Crippen LogP contribution >= 0.6 is 23.2 Å². The molecule has 5 heteroatoms. The minimum Gasteiger partial charge on any atom is -0.296 e. The average Bonchev–Trinajstić information content (AvgIpc) is 2.33. The Bertz CT molecular complexity index is 435. The molecule has 0 amide bonds. The van der Waals surface area contributed by atoms with E-state index in [4.69, 9.17) is 23.2 Å². The second kappa shape index (κ2) is 5.96. The fraction of sp³-hybridized carbons (Fsp3) is 0.643. The zero-order valence-electron chi connectivity index (χ0n) is 11.8. The lowest BCUT2D eigenvalue weighted by molar-refractivity contribution is 0.0586. The van der Waals surface area contributed by atoms with Crippen LogP contribution in [0.1, 0.15) is 26.5 Å². The summed E-state index contributed by atoms with van der Waals surface area (Å²) in [6.45, 7) is 11.8. The van der Waals surface area contributed by atoms with Gasteiger partial charge >= 0.3 is 0 Å². The quantitative estimate of drug-likeness (QED) is 0.781. The Labute approximate surface area is 125 Å². The summed E-state index contributed by atoms with van der Waals surface area (Å²) < 4.78 is 0. The van der Waals surface area contributed by atoms with Crippen molar-refractivity contribution < 1.29 is 0 Å². The first-order chi connectivity index (χ1) is 8.86. The Morgan fingerprint density at radius 3 is 2.32 bits per heavy atom. The molecular weight excluding hydrogens is 281 g/mol. The van der Waals surface area contributed by atoms with Gasteiger partial charge in [0.1, 0.15) is 5.15 Å². The van der Waals surface area contributed by atoms with Crippen molar-refractivity contribution in [1.82, 2.24) is 14.8 Å². The lowest BCUT2D eigenvalue weighted by atomic mass is 10.0. The predicted octanol–water partition coefficient (Wildman–Crippen LogP) is 3.30. The Kier molecular flexibility index (Phi) is 4.72. The smallest absolute Gasteiger partial charge is 0.129 e. The molecular formula is C14H21Cl2N3. The third kappa shape index (κ3) is 4.06. The van der Waals surface area contributed by atoms with E-state index < -0.39 is 0 Å². The van der Waals surface area contributed by atoms with Crippen molar-refractivity contribution in [2.45, 2.75) is 32.9 Å². The van der Waals surface area contributed by atoms with Crippen molar-refractivity contribution >= 4 is 23.2 Å². The van der Waals surface area contributed by atoms with E-state index in [-0.39, 0.29) is 5.54 Å². The number of halogens is 2. The van der Waals surface area contributed by atoms with E-state index in [9.17, 15) is 0 Å².